The summed E-state index contributed by atoms with van der Waals surface area (Å²) in [6, 6.07) is 12.1. The van der Waals surface area contributed by atoms with Gasteiger partial charge in [0.25, 0.3) is 0 Å². The van der Waals surface area contributed by atoms with E-state index in [2.05, 4.69) is 17.0 Å². The van der Waals surface area contributed by atoms with Crippen LogP contribution in [0.4, 0.5) is 0 Å². The van der Waals surface area contributed by atoms with Gasteiger partial charge in [0.15, 0.2) is 0 Å². The average molecular weight is 377 g/mol. The van der Waals surface area contributed by atoms with Gasteiger partial charge in [-0.3, -0.25) is 4.90 Å². The molecule has 5 heteroatoms. The van der Waals surface area contributed by atoms with Gasteiger partial charge in [-0.05, 0) is 49.4 Å². The van der Waals surface area contributed by atoms with E-state index >= 15 is 0 Å². The molecule has 0 fully saturated rings. The fourth-order valence-electron chi connectivity index (χ4n) is 4.44. The second kappa shape index (κ2) is 6.99. The minimum atomic E-state index is -0.183. The molecule has 0 saturated carbocycles. The first-order chi connectivity index (χ1) is 13.7. The van der Waals surface area contributed by atoms with Crippen LogP contribution in [0.1, 0.15) is 35.1 Å². The number of nitrogens with zero attached hydrogens (tertiary/aromatic N) is 1. The zero-order valence-corrected chi connectivity index (χ0v) is 16.0. The summed E-state index contributed by atoms with van der Waals surface area (Å²) in [5, 5.41) is 1.07. The third-order valence-corrected chi connectivity index (χ3v) is 5.82. The van der Waals surface area contributed by atoms with Gasteiger partial charge in [-0.1, -0.05) is 18.2 Å². The van der Waals surface area contributed by atoms with E-state index in [1.807, 2.05) is 24.3 Å². The monoisotopic (exact) mass is 377 g/mol. The van der Waals surface area contributed by atoms with Crippen LogP contribution >= 0.6 is 0 Å². The predicted octanol–water partition coefficient (Wildman–Crippen LogP) is 4.03. The molecule has 2 heterocycles. The van der Waals surface area contributed by atoms with Crippen molar-refractivity contribution in [2.75, 3.05) is 13.8 Å². The molecule has 2 aliphatic rings. The number of ether oxygens (including phenoxy) is 2. The van der Waals surface area contributed by atoms with Crippen LogP contribution < -0.4 is 15.1 Å². The van der Waals surface area contributed by atoms with Crippen molar-refractivity contribution < 1.29 is 13.9 Å². The minimum absolute atomic E-state index is 0.183. The van der Waals surface area contributed by atoms with E-state index in [0.717, 1.165) is 59.3 Å². The van der Waals surface area contributed by atoms with Gasteiger partial charge in [0.05, 0.1) is 12.7 Å². The lowest BCUT2D eigenvalue weighted by molar-refractivity contribution is 0.0882. The molecule has 5 rings (SSSR count). The lowest BCUT2D eigenvalue weighted by atomic mass is 9.90. The van der Waals surface area contributed by atoms with Crippen LogP contribution in [-0.4, -0.2) is 18.7 Å². The maximum absolute atomic E-state index is 12.6. The van der Waals surface area contributed by atoms with Crippen LogP contribution in [-0.2, 0) is 25.9 Å². The molecule has 1 aliphatic heterocycles. The molecular formula is C23H23NO4. The molecule has 0 radical (unpaired) electrons. The summed E-state index contributed by atoms with van der Waals surface area (Å²) in [5.74, 6) is 1.68. The SMILES string of the molecule is COc1ccccc1CN1COc2ccc3c4c(c(=O)oc3c2C1)CCCC4. The normalized spacial score (nSPS) is 16.3. The molecular weight excluding hydrogens is 354 g/mol. The van der Waals surface area contributed by atoms with Crippen LogP contribution in [0.25, 0.3) is 11.0 Å². The van der Waals surface area contributed by atoms with Crippen molar-refractivity contribution in [3.05, 3.63) is 69.1 Å². The summed E-state index contributed by atoms with van der Waals surface area (Å²) in [4.78, 5) is 14.8. The lowest BCUT2D eigenvalue weighted by Gasteiger charge is -2.30. The van der Waals surface area contributed by atoms with Crippen molar-refractivity contribution in [1.29, 1.82) is 0 Å². The van der Waals surface area contributed by atoms with Gasteiger partial charge < -0.3 is 13.9 Å². The number of rotatable bonds is 3. The van der Waals surface area contributed by atoms with Gasteiger partial charge in [-0.25, -0.2) is 4.79 Å². The molecule has 0 N–H and O–H groups in total. The third kappa shape index (κ3) is 2.87. The Morgan fingerprint density at radius 3 is 2.71 bits per heavy atom. The van der Waals surface area contributed by atoms with Crippen LogP contribution in [0, 0.1) is 0 Å². The quantitative estimate of drug-likeness (QED) is 0.645. The Hall–Kier alpha value is -2.79. The Labute approximate surface area is 163 Å². The molecule has 0 amide bonds. The van der Waals surface area contributed by atoms with Gasteiger partial charge in [-0.15, -0.1) is 0 Å². The highest BCUT2D eigenvalue weighted by molar-refractivity contribution is 5.86. The van der Waals surface area contributed by atoms with Crippen molar-refractivity contribution in [3.63, 3.8) is 0 Å². The van der Waals surface area contributed by atoms with Crippen molar-refractivity contribution in [3.8, 4) is 11.5 Å². The lowest BCUT2D eigenvalue weighted by Crippen LogP contribution is -2.32. The van der Waals surface area contributed by atoms with Crippen molar-refractivity contribution >= 4 is 11.0 Å². The summed E-state index contributed by atoms with van der Waals surface area (Å²) in [6.07, 6.45) is 3.95. The molecule has 5 nitrogen and oxygen atoms in total. The van der Waals surface area contributed by atoms with Gasteiger partial charge in [0.2, 0.25) is 0 Å². The molecule has 144 valence electrons. The van der Waals surface area contributed by atoms with Gasteiger partial charge in [0.1, 0.15) is 23.8 Å². The first-order valence-corrected chi connectivity index (χ1v) is 9.82. The Morgan fingerprint density at radius 1 is 1.04 bits per heavy atom. The molecule has 0 saturated heterocycles. The standard InChI is InChI=1S/C23H23NO4/c1-26-20-9-5-2-6-15(20)12-24-13-19-21(27-14-24)11-10-17-16-7-3-4-8-18(16)23(25)28-22(17)19/h2,5-6,9-11H,3-4,7-8,12-14H2,1H3. The molecule has 1 aliphatic carbocycles. The first kappa shape index (κ1) is 17.3. The second-order valence-electron chi connectivity index (χ2n) is 7.55. The van der Waals surface area contributed by atoms with Crippen LogP contribution in [0.2, 0.25) is 0 Å². The summed E-state index contributed by atoms with van der Waals surface area (Å²) in [5.41, 5.74) is 4.61. The largest absolute Gasteiger partial charge is 0.496 e. The third-order valence-electron chi connectivity index (χ3n) is 5.82. The molecule has 28 heavy (non-hydrogen) atoms. The fourth-order valence-corrected chi connectivity index (χ4v) is 4.44. The Kier molecular flexibility index (Phi) is 4.32. The highest BCUT2D eigenvalue weighted by Crippen LogP contribution is 2.36. The molecule has 3 aromatic rings. The Balaban J connectivity index is 1.54. The second-order valence-corrected chi connectivity index (χ2v) is 7.55. The maximum atomic E-state index is 12.6. The number of benzene rings is 2. The van der Waals surface area contributed by atoms with E-state index in [0.29, 0.717) is 25.4 Å². The average Bonchev–Trinajstić information content (AvgIpc) is 2.74. The van der Waals surface area contributed by atoms with Crippen LogP contribution in [0.15, 0.2) is 45.6 Å². The highest BCUT2D eigenvalue weighted by atomic mass is 16.5. The number of aryl methyl sites for hydroxylation is 1. The first-order valence-electron chi connectivity index (χ1n) is 9.82. The molecule has 0 bridgehead atoms. The number of para-hydroxylation sites is 1. The Morgan fingerprint density at radius 2 is 1.86 bits per heavy atom. The van der Waals surface area contributed by atoms with E-state index in [1.165, 1.54) is 5.56 Å². The smallest absolute Gasteiger partial charge is 0.339 e. The molecule has 0 atom stereocenters. The molecule has 0 spiro atoms. The minimum Gasteiger partial charge on any atom is -0.496 e. The van der Waals surface area contributed by atoms with Crippen molar-refractivity contribution in [2.24, 2.45) is 0 Å². The van der Waals surface area contributed by atoms with E-state index in [-0.39, 0.29) is 5.63 Å². The van der Waals surface area contributed by atoms with Crippen molar-refractivity contribution in [2.45, 2.75) is 38.8 Å². The van der Waals surface area contributed by atoms with Gasteiger partial charge >= 0.3 is 5.63 Å². The zero-order valence-electron chi connectivity index (χ0n) is 16.0. The summed E-state index contributed by atoms with van der Waals surface area (Å²) >= 11 is 0. The Bertz CT molecular complexity index is 1100. The zero-order chi connectivity index (χ0) is 19.1. The van der Waals surface area contributed by atoms with Gasteiger partial charge in [-0.2, -0.15) is 0 Å². The number of fused-ring (bicyclic) bond motifs is 5. The fraction of sp³-hybridized carbons (Fsp3) is 0.348. The van der Waals surface area contributed by atoms with E-state index in [4.69, 9.17) is 13.9 Å². The van der Waals surface area contributed by atoms with E-state index in [9.17, 15) is 4.79 Å². The summed E-state index contributed by atoms with van der Waals surface area (Å²) in [6.45, 7) is 1.87. The topological polar surface area (TPSA) is 51.9 Å². The predicted molar refractivity (Wildman–Crippen MR) is 107 cm³/mol. The molecule has 1 aromatic heterocycles. The number of hydrogen-bond donors (Lipinski definition) is 0. The molecule has 0 unspecified atom stereocenters. The van der Waals surface area contributed by atoms with Crippen LogP contribution in [0.3, 0.4) is 0 Å². The van der Waals surface area contributed by atoms with E-state index in [1.54, 1.807) is 7.11 Å². The summed E-state index contributed by atoms with van der Waals surface area (Å²) in [7, 11) is 1.69. The maximum Gasteiger partial charge on any atom is 0.339 e. The number of methoxy groups -OCH3 is 1. The van der Waals surface area contributed by atoms with Crippen LogP contribution in [0.5, 0.6) is 11.5 Å². The van der Waals surface area contributed by atoms with Crippen molar-refractivity contribution in [1.82, 2.24) is 4.90 Å². The van der Waals surface area contributed by atoms with Gasteiger partial charge in [0, 0.05) is 29.6 Å². The summed E-state index contributed by atoms with van der Waals surface area (Å²) < 4.78 is 17.3. The molecule has 2 aromatic carbocycles. The van der Waals surface area contributed by atoms with E-state index < -0.39 is 0 Å². The highest BCUT2D eigenvalue weighted by Gasteiger charge is 2.25. The number of hydrogen-bond acceptors (Lipinski definition) is 5.